The molecule has 1 atom stereocenters. The van der Waals surface area contributed by atoms with Gasteiger partial charge in [0.15, 0.2) is 11.5 Å². The van der Waals surface area contributed by atoms with E-state index < -0.39 is 30.4 Å². The Bertz CT molecular complexity index is 598. The molecule has 0 radical (unpaired) electrons. The number of hydrogen-bond acceptors (Lipinski definition) is 7. The third kappa shape index (κ3) is 5.43. The van der Waals surface area contributed by atoms with Gasteiger partial charge in [-0.05, 0) is 18.6 Å². The van der Waals surface area contributed by atoms with E-state index in [1.54, 1.807) is 0 Å². The fourth-order valence-electron chi connectivity index (χ4n) is 1.86. The zero-order chi connectivity index (χ0) is 18.3. The molecule has 0 aliphatic heterocycles. The molecule has 0 aliphatic carbocycles. The van der Waals surface area contributed by atoms with Crippen molar-refractivity contribution in [1.29, 1.82) is 0 Å². The number of carboxylic acids is 2. The van der Waals surface area contributed by atoms with Crippen LogP contribution in [0.25, 0.3) is 0 Å². The first kappa shape index (κ1) is 19.2. The van der Waals surface area contributed by atoms with Crippen molar-refractivity contribution in [2.75, 3.05) is 14.2 Å². The van der Waals surface area contributed by atoms with Crippen LogP contribution in [0.3, 0.4) is 0 Å². The van der Waals surface area contributed by atoms with E-state index in [1.165, 1.54) is 26.4 Å². The Balaban J connectivity index is 2.87. The number of aliphatic hydroxyl groups is 1. The predicted octanol–water partition coefficient (Wildman–Crippen LogP) is 0.923. The fraction of sp³-hybridized carbons (Fsp3) is 0.400. The average molecular weight is 342 g/mol. The number of carbonyl (C=O) groups is 3. The Kier molecular flexibility index (Phi) is 6.99. The predicted molar refractivity (Wildman–Crippen MR) is 79.6 cm³/mol. The van der Waals surface area contributed by atoms with Crippen LogP contribution in [-0.2, 0) is 9.59 Å². The number of benzene rings is 1. The normalized spacial score (nSPS) is 11.5. The minimum Gasteiger partial charge on any atom is -0.493 e. The van der Waals surface area contributed by atoms with E-state index in [0.29, 0.717) is 0 Å². The van der Waals surface area contributed by atoms with Gasteiger partial charge in [-0.2, -0.15) is 0 Å². The molecule has 0 amide bonds. The summed E-state index contributed by atoms with van der Waals surface area (Å²) < 4.78 is 15.1. The number of esters is 1. The smallest absolute Gasteiger partial charge is 0.335 e. The van der Waals surface area contributed by atoms with E-state index in [1.807, 2.05) is 0 Å². The molecule has 9 nitrogen and oxygen atoms in total. The van der Waals surface area contributed by atoms with Gasteiger partial charge in [0.1, 0.15) is 0 Å². The zero-order valence-corrected chi connectivity index (χ0v) is 13.1. The molecule has 0 aromatic heterocycles. The van der Waals surface area contributed by atoms with Crippen molar-refractivity contribution in [3.05, 3.63) is 17.7 Å². The van der Waals surface area contributed by atoms with Crippen LogP contribution in [0.15, 0.2) is 12.1 Å². The van der Waals surface area contributed by atoms with Crippen LogP contribution in [-0.4, -0.2) is 53.6 Å². The summed E-state index contributed by atoms with van der Waals surface area (Å²) in [5.41, 5.74) is -0.111. The number of methoxy groups -OCH3 is 2. The Morgan fingerprint density at radius 1 is 1.08 bits per heavy atom. The Morgan fingerprint density at radius 3 is 2.04 bits per heavy atom. The van der Waals surface area contributed by atoms with Crippen LogP contribution in [0, 0.1) is 0 Å². The highest BCUT2D eigenvalue weighted by Crippen LogP contribution is 2.38. The minimum atomic E-state index is -1.21. The number of hydrogen-bond donors (Lipinski definition) is 3. The zero-order valence-electron chi connectivity index (χ0n) is 13.1. The number of rotatable bonds is 9. The van der Waals surface area contributed by atoms with Gasteiger partial charge in [0.25, 0.3) is 0 Å². The first-order valence-corrected chi connectivity index (χ1v) is 6.88. The van der Waals surface area contributed by atoms with Crippen molar-refractivity contribution in [2.45, 2.75) is 25.4 Å². The van der Waals surface area contributed by atoms with Crippen molar-refractivity contribution in [2.24, 2.45) is 0 Å². The van der Waals surface area contributed by atoms with Gasteiger partial charge in [0.2, 0.25) is 5.75 Å². The van der Waals surface area contributed by atoms with E-state index in [0.717, 1.165) is 0 Å². The van der Waals surface area contributed by atoms with Gasteiger partial charge >= 0.3 is 17.9 Å². The molecule has 9 heteroatoms. The highest BCUT2D eigenvalue weighted by atomic mass is 16.6. The highest BCUT2D eigenvalue weighted by molar-refractivity contribution is 5.90. The summed E-state index contributed by atoms with van der Waals surface area (Å²) in [5.74, 6) is -3.25. The molecule has 1 rings (SSSR count). The van der Waals surface area contributed by atoms with Gasteiger partial charge in [0, 0.05) is 6.42 Å². The number of aliphatic hydroxyl groups excluding tert-OH is 1. The monoisotopic (exact) mass is 342 g/mol. The van der Waals surface area contributed by atoms with E-state index in [9.17, 15) is 19.5 Å². The third-order valence-electron chi connectivity index (χ3n) is 3.02. The molecule has 0 spiro atoms. The standard InChI is InChI=1S/C15H18O9/c1-22-10-5-8(15(20)21)6-11(23-2)14(10)24-13(19)4-3-9(16)7-12(17)18/h5-6,9,16H,3-4,7H2,1-2H3,(H,17,18)(H,20,21). The minimum absolute atomic E-state index is 0.00816. The van der Waals surface area contributed by atoms with Gasteiger partial charge in [-0.25, -0.2) is 4.79 Å². The van der Waals surface area contributed by atoms with Crippen molar-refractivity contribution in [3.8, 4) is 17.2 Å². The van der Waals surface area contributed by atoms with Crippen molar-refractivity contribution in [1.82, 2.24) is 0 Å². The summed E-state index contributed by atoms with van der Waals surface area (Å²) in [4.78, 5) is 33.3. The highest BCUT2D eigenvalue weighted by Gasteiger charge is 2.20. The largest absolute Gasteiger partial charge is 0.493 e. The lowest BCUT2D eigenvalue weighted by atomic mass is 10.1. The molecule has 0 bridgehead atoms. The van der Waals surface area contributed by atoms with Gasteiger partial charge < -0.3 is 29.5 Å². The summed E-state index contributed by atoms with van der Waals surface area (Å²) in [6.45, 7) is 0. The van der Waals surface area contributed by atoms with E-state index >= 15 is 0 Å². The Morgan fingerprint density at radius 2 is 1.62 bits per heavy atom. The first-order valence-electron chi connectivity index (χ1n) is 6.88. The lowest BCUT2D eigenvalue weighted by Gasteiger charge is -2.14. The molecule has 0 aliphatic rings. The number of carbonyl (C=O) groups excluding carboxylic acids is 1. The molecule has 1 aromatic rings. The Hall–Kier alpha value is -2.81. The second kappa shape index (κ2) is 8.73. The maximum absolute atomic E-state index is 11.8. The summed E-state index contributed by atoms with van der Waals surface area (Å²) >= 11 is 0. The number of aliphatic carboxylic acids is 1. The summed E-state index contributed by atoms with van der Waals surface area (Å²) in [7, 11) is 2.54. The summed E-state index contributed by atoms with van der Waals surface area (Å²) in [6, 6.07) is 2.35. The number of ether oxygens (including phenoxy) is 3. The maximum atomic E-state index is 11.8. The van der Waals surface area contributed by atoms with E-state index in [2.05, 4.69) is 0 Å². The van der Waals surface area contributed by atoms with Crippen LogP contribution in [0.2, 0.25) is 0 Å². The topological polar surface area (TPSA) is 140 Å². The Labute approximate surface area is 137 Å². The van der Waals surface area contributed by atoms with E-state index in [4.69, 9.17) is 24.4 Å². The maximum Gasteiger partial charge on any atom is 0.335 e. The summed E-state index contributed by atoms with van der Waals surface area (Å²) in [5, 5.41) is 27.0. The molecule has 0 heterocycles. The van der Waals surface area contributed by atoms with Crippen LogP contribution < -0.4 is 14.2 Å². The first-order chi connectivity index (χ1) is 11.3. The molecule has 0 saturated carbocycles. The van der Waals surface area contributed by atoms with Gasteiger partial charge in [-0.15, -0.1) is 0 Å². The molecule has 0 saturated heterocycles. The SMILES string of the molecule is COc1cc(C(=O)O)cc(OC)c1OC(=O)CCC(O)CC(=O)O. The van der Waals surface area contributed by atoms with Crippen molar-refractivity contribution >= 4 is 17.9 Å². The molecular formula is C15H18O9. The van der Waals surface area contributed by atoms with Crippen LogP contribution >= 0.6 is 0 Å². The molecule has 24 heavy (non-hydrogen) atoms. The lowest BCUT2D eigenvalue weighted by Crippen LogP contribution is -2.17. The van der Waals surface area contributed by atoms with Gasteiger partial charge in [-0.1, -0.05) is 0 Å². The van der Waals surface area contributed by atoms with Gasteiger partial charge in [0.05, 0.1) is 32.3 Å². The molecule has 132 valence electrons. The second-order valence-electron chi connectivity index (χ2n) is 4.78. The van der Waals surface area contributed by atoms with Crippen molar-refractivity contribution in [3.63, 3.8) is 0 Å². The van der Waals surface area contributed by atoms with Crippen LogP contribution in [0.1, 0.15) is 29.6 Å². The number of carboxylic acid groups (broad SMARTS) is 2. The fourth-order valence-corrected chi connectivity index (χ4v) is 1.86. The molecule has 3 N–H and O–H groups in total. The molecular weight excluding hydrogens is 324 g/mol. The molecule has 1 unspecified atom stereocenters. The summed E-state index contributed by atoms with van der Waals surface area (Å²) in [6.07, 6.45) is -1.98. The van der Waals surface area contributed by atoms with Crippen LogP contribution in [0.5, 0.6) is 17.2 Å². The molecule has 0 fully saturated rings. The third-order valence-corrected chi connectivity index (χ3v) is 3.02. The number of aromatic carboxylic acids is 1. The second-order valence-corrected chi connectivity index (χ2v) is 4.78. The molecule has 1 aromatic carbocycles. The lowest BCUT2D eigenvalue weighted by molar-refractivity contribution is -0.140. The van der Waals surface area contributed by atoms with Crippen LogP contribution in [0.4, 0.5) is 0 Å². The van der Waals surface area contributed by atoms with Gasteiger partial charge in [-0.3, -0.25) is 9.59 Å². The van der Waals surface area contributed by atoms with E-state index in [-0.39, 0.29) is 35.7 Å². The average Bonchev–Trinajstić information content (AvgIpc) is 2.52. The quantitative estimate of drug-likeness (QED) is 0.441. The van der Waals surface area contributed by atoms with Crippen molar-refractivity contribution < 1.29 is 43.9 Å².